The lowest BCUT2D eigenvalue weighted by Crippen LogP contribution is -2.45. The molecule has 6 rings (SSSR count). The second-order valence-corrected chi connectivity index (χ2v) is 13.6. The molecule has 3 aliphatic rings. The number of nitrogens with zero attached hydrogens (tertiary/aromatic N) is 3. The van der Waals surface area contributed by atoms with Gasteiger partial charge in [0, 0.05) is 43.4 Å². The summed E-state index contributed by atoms with van der Waals surface area (Å²) in [6.45, 7) is 6.47. The third kappa shape index (κ3) is 7.30. The van der Waals surface area contributed by atoms with E-state index in [4.69, 9.17) is 4.74 Å². The average Bonchev–Trinajstić information content (AvgIpc) is 3.39. The molecule has 0 aromatic heterocycles. The Labute approximate surface area is 270 Å². The molecule has 3 atom stereocenters. The van der Waals surface area contributed by atoms with Crippen LogP contribution in [0.5, 0.6) is 0 Å². The Morgan fingerprint density at radius 2 is 1.47 bits per heavy atom. The Hall–Kier alpha value is -3.57. The van der Waals surface area contributed by atoms with Crippen molar-refractivity contribution in [3.05, 3.63) is 115 Å². The zero-order valence-electron chi connectivity index (χ0n) is 27.1. The van der Waals surface area contributed by atoms with E-state index in [1.807, 2.05) is 42.3 Å². The molecule has 3 aromatic carbocycles. The molecule has 2 bridgehead atoms. The predicted octanol–water partition coefficient (Wildman–Crippen LogP) is 8.60. The topological polar surface area (TPSA) is 36.0 Å². The summed E-state index contributed by atoms with van der Waals surface area (Å²) in [7, 11) is 1.92. The van der Waals surface area contributed by atoms with Crippen molar-refractivity contribution in [2.75, 3.05) is 25.0 Å². The molecule has 5 nitrogen and oxygen atoms in total. The Kier molecular flexibility index (Phi) is 10.2. The first-order valence-electron chi connectivity index (χ1n) is 17.2. The van der Waals surface area contributed by atoms with Crippen LogP contribution in [0.15, 0.2) is 104 Å². The molecule has 1 saturated carbocycles. The Morgan fingerprint density at radius 3 is 2.16 bits per heavy atom. The molecule has 238 valence electrons. The van der Waals surface area contributed by atoms with Gasteiger partial charge in [-0.15, -0.1) is 6.58 Å². The number of rotatable bonds is 11. The molecule has 0 spiro atoms. The lowest BCUT2D eigenvalue weighted by molar-refractivity contribution is 0.0723. The first-order valence-corrected chi connectivity index (χ1v) is 17.2. The summed E-state index contributed by atoms with van der Waals surface area (Å²) in [5, 5.41) is 0. The van der Waals surface area contributed by atoms with Gasteiger partial charge in [0.05, 0.1) is 0 Å². The van der Waals surface area contributed by atoms with Gasteiger partial charge < -0.3 is 14.5 Å². The van der Waals surface area contributed by atoms with E-state index >= 15 is 0 Å². The zero-order valence-corrected chi connectivity index (χ0v) is 27.1. The van der Waals surface area contributed by atoms with Crippen LogP contribution in [-0.4, -0.2) is 60.2 Å². The van der Waals surface area contributed by atoms with Crippen LogP contribution < -0.4 is 4.90 Å². The SMILES string of the molecule is C=CCN(c1ccccc1)C1CCC2CCC(C1)N2CCC1(c2ccccc2)CCC(N(C)C(=O)OCc2ccccc2)CC1. The van der Waals surface area contributed by atoms with Crippen LogP contribution in [0, 0.1) is 0 Å². The van der Waals surface area contributed by atoms with E-state index in [2.05, 4.69) is 83.1 Å². The second-order valence-electron chi connectivity index (χ2n) is 13.6. The number of carbonyl (C=O) groups is 1. The summed E-state index contributed by atoms with van der Waals surface area (Å²) in [6, 6.07) is 34.2. The molecule has 0 N–H and O–H groups in total. The van der Waals surface area contributed by atoms with Crippen LogP contribution in [0.4, 0.5) is 10.5 Å². The highest BCUT2D eigenvalue weighted by Gasteiger charge is 2.43. The van der Waals surface area contributed by atoms with Gasteiger partial charge in [0.1, 0.15) is 6.61 Å². The maximum absolute atomic E-state index is 13.0. The largest absolute Gasteiger partial charge is 0.445 e. The Balaban J connectivity index is 1.10. The fraction of sp³-hybridized carbons (Fsp3) is 0.475. The van der Waals surface area contributed by atoms with Gasteiger partial charge in [-0.3, -0.25) is 4.90 Å². The minimum Gasteiger partial charge on any atom is -0.445 e. The van der Waals surface area contributed by atoms with Crippen molar-refractivity contribution in [2.24, 2.45) is 0 Å². The van der Waals surface area contributed by atoms with Gasteiger partial charge in [0.25, 0.3) is 0 Å². The van der Waals surface area contributed by atoms with E-state index in [9.17, 15) is 4.79 Å². The van der Waals surface area contributed by atoms with Gasteiger partial charge >= 0.3 is 6.09 Å². The number of ether oxygens (including phenoxy) is 1. The number of amides is 1. The quantitative estimate of drug-likeness (QED) is 0.205. The number of anilines is 1. The number of benzene rings is 3. The van der Waals surface area contributed by atoms with Crippen molar-refractivity contribution < 1.29 is 9.53 Å². The van der Waals surface area contributed by atoms with Crippen molar-refractivity contribution in [1.82, 2.24) is 9.80 Å². The minimum atomic E-state index is -0.215. The lowest BCUT2D eigenvalue weighted by atomic mass is 9.66. The number of fused-ring (bicyclic) bond motifs is 2. The first-order chi connectivity index (χ1) is 22.1. The molecule has 3 unspecified atom stereocenters. The van der Waals surface area contributed by atoms with Gasteiger partial charge in [-0.2, -0.15) is 0 Å². The van der Waals surface area contributed by atoms with Crippen LogP contribution in [0.3, 0.4) is 0 Å². The molecule has 3 fully saturated rings. The zero-order chi connectivity index (χ0) is 31.1. The average molecular weight is 606 g/mol. The van der Waals surface area contributed by atoms with Crippen molar-refractivity contribution in [1.29, 1.82) is 0 Å². The third-order valence-corrected chi connectivity index (χ3v) is 11.2. The smallest absolute Gasteiger partial charge is 0.410 e. The third-order valence-electron chi connectivity index (χ3n) is 11.2. The van der Waals surface area contributed by atoms with Crippen LogP contribution in [0.25, 0.3) is 0 Å². The van der Waals surface area contributed by atoms with E-state index in [0.29, 0.717) is 24.7 Å². The molecule has 2 aliphatic heterocycles. The molecule has 3 aromatic rings. The Bertz CT molecular complexity index is 1360. The minimum absolute atomic E-state index is 0.149. The summed E-state index contributed by atoms with van der Waals surface area (Å²) >= 11 is 0. The van der Waals surface area contributed by atoms with Gasteiger partial charge in [0.2, 0.25) is 0 Å². The van der Waals surface area contributed by atoms with E-state index in [1.54, 1.807) is 0 Å². The van der Waals surface area contributed by atoms with Gasteiger partial charge in [0.15, 0.2) is 0 Å². The molecule has 2 heterocycles. The van der Waals surface area contributed by atoms with Crippen LogP contribution in [0.1, 0.15) is 75.3 Å². The summed E-state index contributed by atoms with van der Waals surface area (Å²) in [4.78, 5) is 20.3. The highest BCUT2D eigenvalue weighted by Crippen LogP contribution is 2.45. The summed E-state index contributed by atoms with van der Waals surface area (Å²) < 4.78 is 5.69. The van der Waals surface area contributed by atoms with Gasteiger partial charge in [-0.05, 0) is 99.4 Å². The van der Waals surface area contributed by atoms with E-state index in [0.717, 1.165) is 44.3 Å². The predicted molar refractivity (Wildman–Crippen MR) is 185 cm³/mol. The maximum Gasteiger partial charge on any atom is 0.410 e. The van der Waals surface area contributed by atoms with Crippen LogP contribution >= 0.6 is 0 Å². The number of hydrogen-bond acceptors (Lipinski definition) is 4. The van der Waals surface area contributed by atoms with Gasteiger partial charge in [-0.25, -0.2) is 4.79 Å². The molecule has 1 amide bonds. The fourth-order valence-corrected chi connectivity index (χ4v) is 8.60. The van der Waals surface area contributed by atoms with Crippen LogP contribution in [0.2, 0.25) is 0 Å². The van der Waals surface area contributed by atoms with Crippen molar-refractivity contribution in [3.8, 4) is 0 Å². The van der Waals surface area contributed by atoms with Crippen molar-refractivity contribution in [2.45, 2.75) is 100 Å². The summed E-state index contributed by atoms with van der Waals surface area (Å²) in [5.74, 6) is 0. The maximum atomic E-state index is 13.0. The second kappa shape index (κ2) is 14.7. The first kappa shape index (κ1) is 31.4. The highest BCUT2D eigenvalue weighted by molar-refractivity contribution is 5.67. The molecule has 2 saturated heterocycles. The number of hydrogen-bond donors (Lipinski definition) is 0. The normalized spacial score (nSPS) is 26.5. The number of para-hydroxylation sites is 1. The summed E-state index contributed by atoms with van der Waals surface area (Å²) in [5.41, 5.74) is 3.96. The molecule has 0 radical (unpaired) electrons. The Morgan fingerprint density at radius 1 is 0.844 bits per heavy atom. The number of carbonyl (C=O) groups excluding carboxylic acids is 1. The van der Waals surface area contributed by atoms with Crippen molar-refractivity contribution in [3.63, 3.8) is 0 Å². The van der Waals surface area contributed by atoms with Crippen molar-refractivity contribution >= 4 is 11.8 Å². The van der Waals surface area contributed by atoms with E-state index in [-0.39, 0.29) is 17.6 Å². The van der Waals surface area contributed by atoms with E-state index < -0.39 is 0 Å². The molecular weight excluding hydrogens is 554 g/mol. The van der Waals surface area contributed by atoms with Crippen LogP contribution in [-0.2, 0) is 16.8 Å². The van der Waals surface area contributed by atoms with Gasteiger partial charge in [-0.1, -0.05) is 84.9 Å². The molecule has 5 heteroatoms. The highest BCUT2D eigenvalue weighted by atomic mass is 16.6. The monoisotopic (exact) mass is 605 g/mol. The fourth-order valence-electron chi connectivity index (χ4n) is 8.60. The molecule has 45 heavy (non-hydrogen) atoms. The molecule has 1 aliphatic carbocycles. The standard InChI is InChI=1S/C40H51N3O2/c1-3-28-42(35-17-11-6-12-18-35)37-21-19-36-20-22-38(30-37)43(36)29-27-40(33-15-9-5-10-16-33)25-23-34(24-26-40)41(2)39(44)45-31-32-13-7-4-8-14-32/h3-18,34,36-38H,1,19-31H2,2H3. The summed E-state index contributed by atoms with van der Waals surface area (Å²) in [6.07, 6.45) is 13.7. The molecular formula is C40H51N3O2. The van der Waals surface area contributed by atoms with E-state index in [1.165, 1.54) is 49.8 Å². The lowest BCUT2D eigenvalue weighted by Gasteiger charge is -2.44.